The van der Waals surface area contributed by atoms with Gasteiger partial charge in [0.25, 0.3) is 0 Å². The molecule has 0 aliphatic rings. The third-order valence-electron chi connectivity index (χ3n) is 5.14. The van der Waals surface area contributed by atoms with Crippen LogP contribution in [0, 0.1) is 11.3 Å². The van der Waals surface area contributed by atoms with Crippen LogP contribution in [0.1, 0.15) is 46.4 Å². The van der Waals surface area contributed by atoms with Crippen molar-refractivity contribution in [1.82, 2.24) is 4.72 Å². The molecule has 0 fully saturated rings. The lowest BCUT2D eigenvalue weighted by molar-refractivity contribution is 0.0703. The van der Waals surface area contributed by atoms with E-state index in [4.69, 9.17) is 0 Å². The SMILES string of the molecule is CCc1sc(C(=O)O)c(-c2ccc(-c3cccc(CNS(=O)(=O)C(C)C)c3)cc2)c1C#N. The highest BCUT2D eigenvalue weighted by molar-refractivity contribution is 7.90. The average Bonchev–Trinajstić information content (AvgIpc) is 3.17. The Bertz CT molecular complexity index is 1280. The smallest absolute Gasteiger partial charge is 0.346 e. The number of nitrogens with one attached hydrogen (secondary N) is 1. The van der Waals surface area contributed by atoms with Crippen molar-refractivity contribution in [2.24, 2.45) is 0 Å². The van der Waals surface area contributed by atoms with Gasteiger partial charge < -0.3 is 5.11 Å². The highest BCUT2D eigenvalue weighted by Crippen LogP contribution is 2.37. The van der Waals surface area contributed by atoms with Crippen LogP contribution < -0.4 is 4.72 Å². The number of carboxylic acid groups (broad SMARTS) is 1. The summed E-state index contributed by atoms with van der Waals surface area (Å²) in [5.74, 6) is -1.04. The van der Waals surface area contributed by atoms with E-state index in [0.717, 1.165) is 32.9 Å². The van der Waals surface area contributed by atoms with Gasteiger partial charge in [0.15, 0.2) is 0 Å². The van der Waals surface area contributed by atoms with Gasteiger partial charge in [-0.25, -0.2) is 17.9 Å². The van der Waals surface area contributed by atoms with Gasteiger partial charge in [0.05, 0.1) is 10.8 Å². The largest absolute Gasteiger partial charge is 0.477 e. The zero-order valence-electron chi connectivity index (χ0n) is 18.0. The molecule has 6 nitrogen and oxygen atoms in total. The van der Waals surface area contributed by atoms with Crippen molar-refractivity contribution in [3.05, 3.63) is 69.4 Å². The molecule has 2 N–H and O–H groups in total. The molecule has 0 spiro atoms. The molecule has 3 aromatic rings. The number of carbonyl (C=O) groups is 1. The minimum absolute atomic E-state index is 0.172. The van der Waals surface area contributed by atoms with Crippen molar-refractivity contribution in [1.29, 1.82) is 5.26 Å². The standard InChI is InChI=1S/C24H24N2O4S2/c1-4-21-20(13-25)22(23(31-21)24(27)28)18-10-8-17(9-11-18)19-7-5-6-16(12-19)14-26-32(29,30)15(2)3/h5-12,15,26H,4,14H2,1-3H3,(H,27,28). The summed E-state index contributed by atoms with van der Waals surface area (Å²) in [5, 5.41) is 18.7. The van der Waals surface area contributed by atoms with Crippen molar-refractivity contribution in [2.75, 3.05) is 0 Å². The van der Waals surface area contributed by atoms with E-state index >= 15 is 0 Å². The van der Waals surface area contributed by atoms with Crippen molar-refractivity contribution in [3.63, 3.8) is 0 Å². The molecule has 0 unspecified atom stereocenters. The van der Waals surface area contributed by atoms with Gasteiger partial charge >= 0.3 is 5.97 Å². The van der Waals surface area contributed by atoms with Crippen LogP contribution in [0.3, 0.4) is 0 Å². The molecule has 1 heterocycles. The Labute approximate surface area is 192 Å². The molecule has 0 atom stereocenters. The van der Waals surface area contributed by atoms with Crippen molar-refractivity contribution in [3.8, 4) is 28.3 Å². The molecule has 2 aromatic carbocycles. The Morgan fingerprint density at radius 1 is 1.12 bits per heavy atom. The summed E-state index contributed by atoms with van der Waals surface area (Å²) in [4.78, 5) is 12.7. The third kappa shape index (κ3) is 4.91. The number of sulfonamides is 1. The fourth-order valence-electron chi connectivity index (χ4n) is 3.31. The van der Waals surface area contributed by atoms with Crippen molar-refractivity contribution >= 4 is 27.3 Å². The van der Waals surface area contributed by atoms with Gasteiger partial charge in [0.2, 0.25) is 10.0 Å². The quantitative estimate of drug-likeness (QED) is 0.481. The van der Waals surface area contributed by atoms with Crippen LogP contribution in [-0.2, 0) is 23.0 Å². The third-order valence-corrected chi connectivity index (χ3v) is 8.25. The number of thiophene rings is 1. The molecule has 166 valence electrons. The number of aryl methyl sites for hydroxylation is 1. The van der Waals surface area contributed by atoms with Crippen molar-refractivity contribution in [2.45, 2.75) is 39.0 Å². The summed E-state index contributed by atoms with van der Waals surface area (Å²) >= 11 is 1.15. The second-order valence-electron chi connectivity index (χ2n) is 7.57. The minimum Gasteiger partial charge on any atom is -0.477 e. The molecule has 32 heavy (non-hydrogen) atoms. The summed E-state index contributed by atoms with van der Waals surface area (Å²) in [6.45, 7) is 5.36. The second-order valence-corrected chi connectivity index (χ2v) is 11.0. The first-order valence-corrected chi connectivity index (χ1v) is 12.5. The van der Waals surface area contributed by atoms with Gasteiger partial charge in [0.1, 0.15) is 10.9 Å². The minimum atomic E-state index is -3.35. The first kappa shape index (κ1) is 23.7. The predicted molar refractivity (Wildman–Crippen MR) is 127 cm³/mol. The lowest BCUT2D eigenvalue weighted by Crippen LogP contribution is -2.30. The van der Waals surface area contributed by atoms with Gasteiger partial charge in [-0.2, -0.15) is 5.26 Å². The van der Waals surface area contributed by atoms with Crippen LogP contribution in [0.2, 0.25) is 0 Å². The second kappa shape index (κ2) is 9.65. The number of rotatable bonds is 8. The first-order valence-electron chi connectivity index (χ1n) is 10.1. The van der Waals surface area contributed by atoms with Crippen LogP contribution in [-0.4, -0.2) is 24.7 Å². The lowest BCUT2D eigenvalue weighted by atomic mass is 9.96. The van der Waals surface area contributed by atoms with E-state index in [1.807, 2.05) is 55.5 Å². The number of nitriles is 1. The van der Waals surface area contributed by atoms with Gasteiger partial charge in [-0.05, 0) is 48.6 Å². The molecular weight excluding hydrogens is 444 g/mol. The number of carboxylic acids is 1. The van der Waals surface area contributed by atoms with Gasteiger partial charge in [0, 0.05) is 17.0 Å². The monoisotopic (exact) mass is 468 g/mol. The highest BCUT2D eigenvalue weighted by Gasteiger charge is 2.23. The molecular formula is C24H24N2O4S2. The fraction of sp³-hybridized carbons (Fsp3) is 0.250. The van der Waals surface area contributed by atoms with E-state index in [1.54, 1.807) is 13.8 Å². The Morgan fingerprint density at radius 2 is 1.78 bits per heavy atom. The predicted octanol–water partition coefficient (Wildman–Crippen LogP) is 5.04. The maximum Gasteiger partial charge on any atom is 0.346 e. The van der Waals surface area contributed by atoms with Crippen LogP contribution in [0.25, 0.3) is 22.3 Å². The van der Waals surface area contributed by atoms with E-state index in [9.17, 15) is 23.6 Å². The molecule has 0 aliphatic carbocycles. The summed E-state index contributed by atoms with van der Waals surface area (Å²) in [7, 11) is -3.35. The molecule has 8 heteroatoms. The summed E-state index contributed by atoms with van der Waals surface area (Å²) in [6, 6.07) is 17.1. The Balaban J connectivity index is 1.92. The highest BCUT2D eigenvalue weighted by atomic mass is 32.2. The number of aromatic carboxylic acids is 1. The molecule has 0 saturated carbocycles. The summed E-state index contributed by atoms with van der Waals surface area (Å²) in [6.07, 6.45) is 0.597. The molecule has 0 radical (unpaired) electrons. The molecule has 0 saturated heterocycles. The molecule has 3 rings (SSSR count). The van der Waals surface area contributed by atoms with E-state index in [-0.39, 0.29) is 11.4 Å². The van der Waals surface area contributed by atoms with Crippen LogP contribution in [0.15, 0.2) is 48.5 Å². The van der Waals surface area contributed by atoms with Crippen LogP contribution in [0.5, 0.6) is 0 Å². The Hall–Kier alpha value is -2.99. The Morgan fingerprint density at radius 3 is 2.34 bits per heavy atom. The van der Waals surface area contributed by atoms with E-state index < -0.39 is 21.2 Å². The number of benzene rings is 2. The maximum atomic E-state index is 12.0. The number of nitrogens with zero attached hydrogens (tertiary/aromatic N) is 1. The van der Waals surface area contributed by atoms with Crippen molar-refractivity contribution < 1.29 is 18.3 Å². The van der Waals surface area contributed by atoms with Crippen LogP contribution >= 0.6 is 11.3 Å². The zero-order valence-corrected chi connectivity index (χ0v) is 19.7. The van der Waals surface area contributed by atoms with E-state index in [2.05, 4.69) is 10.8 Å². The molecule has 0 bridgehead atoms. The summed E-state index contributed by atoms with van der Waals surface area (Å²) < 4.78 is 26.6. The topological polar surface area (TPSA) is 107 Å². The number of hydrogen-bond acceptors (Lipinski definition) is 5. The molecule has 0 amide bonds. The van der Waals surface area contributed by atoms with Gasteiger partial charge in [-0.3, -0.25) is 0 Å². The van der Waals surface area contributed by atoms with Gasteiger partial charge in [-0.1, -0.05) is 49.4 Å². The average molecular weight is 469 g/mol. The zero-order chi connectivity index (χ0) is 23.5. The van der Waals surface area contributed by atoms with Gasteiger partial charge in [-0.15, -0.1) is 11.3 Å². The normalized spacial score (nSPS) is 11.5. The first-order chi connectivity index (χ1) is 15.2. The molecule has 1 aromatic heterocycles. The summed E-state index contributed by atoms with van der Waals surface area (Å²) in [5.41, 5.74) is 4.22. The molecule has 0 aliphatic heterocycles. The lowest BCUT2D eigenvalue weighted by Gasteiger charge is -2.11. The fourth-order valence-corrected chi connectivity index (χ4v) is 5.06. The number of hydrogen-bond donors (Lipinski definition) is 2. The van der Waals surface area contributed by atoms with E-state index in [1.165, 1.54) is 0 Å². The van der Waals surface area contributed by atoms with Crippen LogP contribution in [0.4, 0.5) is 0 Å². The maximum absolute atomic E-state index is 12.0. The Kier molecular flexibility index (Phi) is 7.14. The van der Waals surface area contributed by atoms with E-state index in [0.29, 0.717) is 23.1 Å².